The van der Waals surface area contributed by atoms with Crippen molar-refractivity contribution in [2.75, 3.05) is 11.5 Å². The van der Waals surface area contributed by atoms with Crippen LogP contribution in [0.25, 0.3) is 0 Å². The zero-order chi connectivity index (χ0) is 13.3. The van der Waals surface area contributed by atoms with Gasteiger partial charge in [-0.3, -0.25) is 9.69 Å². The molecule has 0 unspecified atom stereocenters. The first-order valence-corrected chi connectivity index (χ1v) is 5.69. The van der Waals surface area contributed by atoms with Gasteiger partial charge in [0.05, 0.1) is 11.8 Å². The van der Waals surface area contributed by atoms with Crippen LogP contribution in [0, 0.1) is 11.3 Å². The summed E-state index contributed by atoms with van der Waals surface area (Å²) in [7, 11) is 0. The average molecular weight is 245 g/mol. The zero-order valence-corrected chi connectivity index (χ0v) is 10.4. The van der Waals surface area contributed by atoms with Gasteiger partial charge in [-0.15, -0.1) is 0 Å². The maximum Gasteiger partial charge on any atom is 0.266 e. The van der Waals surface area contributed by atoms with E-state index in [1.165, 1.54) is 4.90 Å². The van der Waals surface area contributed by atoms with Gasteiger partial charge in [-0.25, -0.2) is 0 Å². The molecule has 0 fully saturated rings. The Morgan fingerprint density at radius 1 is 1.56 bits per heavy atom. The van der Waals surface area contributed by atoms with Crippen LogP contribution in [-0.2, 0) is 11.3 Å². The molecule has 0 saturated heterocycles. The zero-order valence-electron chi connectivity index (χ0n) is 10.4. The quantitative estimate of drug-likeness (QED) is 0.848. The number of hydrogen-bond donors (Lipinski definition) is 1. The predicted molar refractivity (Wildman–Crippen MR) is 67.0 cm³/mol. The van der Waals surface area contributed by atoms with Gasteiger partial charge >= 0.3 is 0 Å². The van der Waals surface area contributed by atoms with Gasteiger partial charge < -0.3 is 10.5 Å². The molecular weight excluding hydrogens is 230 g/mol. The van der Waals surface area contributed by atoms with Gasteiger partial charge in [0.15, 0.2) is 6.61 Å². The molecule has 94 valence electrons. The van der Waals surface area contributed by atoms with Crippen LogP contribution in [0.3, 0.4) is 0 Å². The molecule has 2 rings (SSSR count). The lowest BCUT2D eigenvalue weighted by Crippen LogP contribution is -2.51. The topological polar surface area (TPSA) is 79.3 Å². The summed E-state index contributed by atoms with van der Waals surface area (Å²) in [6, 6.07) is 7.57. The molecule has 1 aromatic carbocycles. The standard InChI is InChI=1S/C13H15N3O2/c1-13(2,8-15)16-10-5-9(6-14)3-4-11(10)18-7-12(16)17/h3-5H,6-7,14H2,1-2H3. The Kier molecular flexibility index (Phi) is 2.97. The highest BCUT2D eigenvalue weighted by atomic mass is 16.5. The molecule has 5 heteroatoms. The van der Waals surface area contributed by atoms with Crippen molar-refractivity contribution in [3.05, 3.63) is 23.8 Å². The molecule has 2 N–H and O–H groups in total. The maximum absolute atomic E-state index is 12.0. The molecule has 1 heterocycles. The minimum Gasteiger partial charge on any atom is -0.482 e. The fraction of sp³-hybridized carbons (Fsp3) is 0.385. The lowest BCUT2D eigenvalue weighted by Gasteiger charge is -2.37. The minimum atomic E-state index is -0.914. The van der Waals surface area contributed by atoms with Gasteiger partial charge in [-0.1, -0.05) is 6.07 Å². The van der Waals surface area contributed by atoms with Crippen LogP contribution in [0.1, 0.15) is 19.4 Å². The fourth-order valence-electron chi connectivity index (χ4n) is 1.99. The van der Waals surface area contributed by atoms with E-state index in [9.17, 15) is 10.1 Å². The Labute approximate surface area is 106 Å². The Bertz CT molecular complexity index is 532. The van der Waals surface area contributed by atoms with Gasteiger partial charge in [0.1, 0.15) is 11.3 Å². The highest BCUT2D eigenvalue weighted by molar-refractivity contribution is 5.99. The van der Waals surface area contributed by atoms with Gasteiger partial charge in [-0.2, -0.15) is 5.26 Å². The van der Waals surface area contributed by atoms with E-state index in [1.54, 1.807) is 26.0 Å². The molecule has 18 heavy (non-hydrogen) atoms. The second kappa shape index (κ2) is 4.31. The molecule has 0 saturated carbocycles. The largest absolute Gasteiger partial charge is 0.482 e. The number of rotatable bonds is 2. The summed E-state index contributed by atoms with van der Waals surface area (Å²) >= 11 is 0. The van der Waals surface area contributed by atoms with Crippen molar-refractivity contribution in [1.29, 1.82) is 5.26 Å². The number of benzene rings is 1. The van der Waals surface area contributed by atoms with E-state index >= 15 is 0 Å². The molecular formula is C13H15N3O2. The van der Waals surface area contributed by atoms with Crippen molar-refractivity contribution >= 4 is 11.6 Å². The third-order valence-corrected chi connectivity index (χ3v) is 2.93. The summed E-state index contributed by atoms with van der Waals surface area (Å²) in [5, 5.41) is 9.21. The second-order valence-electron chi connectivity index (χ2n) is 4.69. The summed E-state index contributed by atoms with van der Waals surface area (Å²) in [5.74, 6) is 0.387. The SMILES string of the molecule is CC(C)(C#N)N1C(=O)COc2ccc(CN)cc21. The van der Waals surface area contributed by atoms with Crippen LogP contribution in [0.2, 0.25) is 0 Å². The van der Waals surface area contributed by atoms with Crippen molar-refractivity contribution in [2.24, 2.45) is 5.73 Å². The van der Waals surface area contributed by atoms with E-state index in [0.717, 1.165) is 5.56 Å². The fourth-order valence-corrected chi connectivity index (χ4v) is 1.99. The number of anilines is 1. The summed E-state index contributed by atoms with van der Waals surface area (Å²) in [5.41, 5.74) is 6.19. The summed E-state index contributed by atoms with van der Waals surface area (Å²) in [6.07, 6.45) is 0. The van der Waals surface area contributed by atoms with Crippen LogP contribution in [-0.4, -0.2) is 18.1 Å². The number of amides is 1. The molecule has 1 amide bonds. The van der Waals surface area contributed by atoms with Gasteiger partial charge in [0.2, 0.25) is 0 Å². The van der Waals surface area contributed by atoms with Crippen molar-refractivity contribution in [2.45, 2.75) is 25.9 Å². The molecule has 5 nitrogen and oxygen atoms in total. The molecule has 0 aromatic heterocycles. The van der Waals surface area contributed by atoms with Crippen LogP contribution in [0.4, 0.5) is 5.69 Å². The molecule has 1 aliphatic rings. The summed E-state index contributed by atoms with van der Waals surface area (Å²) in [4.78, 5) is 13.5. The smallest absolute Gasteiger partial charge is 0.266 e. The van der Waals surface area contributed by atoms with E-state index in [0.29, 0.717) is 18.0 Å². The van der Waals surface area contributed by atoms with E-state index in [1.807, 2.05) is 6.07 Å². The van der Waals surface area contributed by atoms with Crippen LogP contribution in [0.5, 0.6) is 5.75 Å². The average Bonchev–Trinajstić information content (AvgIpc) is 2.37. The van der Waals surface area contributed by atoms with E-state index in [-0.39, 0.29) is 12.5 Å². The first kappa shape index (κ1) is 12.4. The number of ether oxygens (including phenoxy) is 1. The van der Waals surface area contributed by atoms with Crippen molar-refractivity contribution in [1.82, 2.24) is 0 Å². The number of carbonyl (C=O) groups excluding carboxylic acids is 1. The molecule has 0 radical (unpaired) electrons. The van der Waals surface area contributed by atoms with Crippen molar-refractivity contribution in [3.63, 3.8) is 0 Å². The second-order valence-corrected chi connectivity index (χ2v) is 4.69. The van der Waals surface area contributed by atoms with Crippen LogP contribution >= 0.6 is 0 Å². The number of nitrogens with two attached hydrogens (primary N) is 1. The molecule has 1 aromatic rings. The first-order valence-electron chi connectivity index (χ1n) is 5.69. The predicted octanol–water partition coefficient (Wildman–Crippen LogP) is 1.17. The normalized spacial score (nSPS) is 14.8. The van der Waals surface area contributed by atoms with E-state index in [4.69, 9.17) is 10.5 Å². The third-order valence-electron chi connectivity index (χ3n) is 2.93. The minimum absolute atomic E-state index is 0.0416. The molecule has 0 aliphatic carbocycles. The lowest BCUT2D eigenvalue weighted by molar-refractivity contribution is -0.122. The van der Waals surface area contributed by atoms with Crippen LogP contribution < -0.4 is 15.4 Å². The Morgan fingerprint density at radius 3 is 2.89 bits per heavy atom. The molecule has 0 atom stereocenters. The van der Waals surface area contributed by atoms with Crippen molar-refractivity contribution < 1.29 is 9.53 Å². The van der Waals surface area contributed by atoms with Crippen LogP contribution in [0.15, 0.2) is 18.2 Å². The number of nitriles is 1. The number of fused-ring (bicyclic) bond motifs is 1. The van der Waals surface area contributed by atoms with Crippen molar-refractivity contribution in [3.8, 4) is 11.8 Å². The molecule has 1 aliphatic heterocycles. The third kappa shape index (κ3) is 1.91. The first-order chi connectivity index (χ1) is 8.49. The van der Waals surface area contributed by atoms with Gasteiger partial charge in [-0.05, 0) is 31.5 Å². The van der Waals surface area contributed by atoms with Gasteiger partial charge in [0.25, 0.3) is 5.91 Å². The number of hydrogen-bond acceptors (Lipinski definition) is 4. The van der Waals surface area contributed by atoms with Gasteiger partial charge in [0, 0.05) is 6.54 Å². The van der Waals surface area contributed by atoms with E-state index < -0.39 is 5.54 Å². The maximum atomic E-state index is 12.0. The monoisotopic (exact) mass is 245 g/mol. The summed E-state index contributed by atoms with van der Waals surface area (Å²) < 4.78 is 5.36. The lowest BCUT2D eigenvalue weighted by atomic mass is 10.0. The highest BCUT2D eigenvalue weighted by Crippen LogP contribution is 2.36. The number of carbonyl (C=O) groups is 1. The Morgan fingerprint density at radius 2 is 2.28 bits per heavy atom. The Balaban J connectivity index is 2.56. The Hall–Kier alpha value is -2.06. The van der Waals surface area contributed by atoms with E-state index in [2.05, 4.69) is 6.07 Å². The highest BCUT2D eigenvalue weighted by Gasteiger charge is 2.37. The summed E-state index contributed by atoms with van der Waals surface area (Å²) in [6.45, 7) is 3.74. The molecule has 0 bridgehead atoms. The number of nitrogens with zero attached hydrogens (tertiary/aromatic N) is 2. The molecule has 0 spiro atoms.